The summed E-state index contributed by atoms with van der Waals surface area (Å²) in [5, 5.41) is -0.217. The summed E-state index contributed by atoms with van der Waals surface area (Å²) in [6.45, 7) is 1.68. The number of carbonyl (C=O) groups excluding carboxylic acids is 1. The van der Waals surface area contributed by atoms with Gasteiger partial charge in [0.2, 0.25) is 0 Å². The number of ether oxygens (including phenoxy) is 1. The Bertz CT molecular complexity index is 995. The van der Waals surface area contributed by atoms with Gasteiger partial charge in [-0.05, 0) is 31.2 Å². The summed E-state index contributed by atoms with van der Waals surface area (Å²) in [4.78, 5) is 20.1. The molecule has 0 aliphatic heterocycles. The van der Waals surface area contributed by atoms with Crippen LogP contribution in [0.1, 0.15) is 17.3 Å². The van der Waals surface area contributed by atoms with Crippen LogP contribution in [0.5, 0.6) is 0 Å². The van der Waals surface area contributed by atoms with Crippen molar-refractivity contribution in [1.29, 1.82) is 0 Å². The third-order valence-electron chi connectivity index (χ3n) is 3.40. The third kappa shape index (κ3) is 3.28. The molecule has 2 heterocycles. The minimum atomic E-state index is -0.911. The second-order valence-corrected chi connectivity index (χ2v) is 5.39. The quantitative estimate of drug-likeness (QED) is 0.504. The Morgan fingerprint density at radius 3 is 2.56 bits per heavy atom. The van der Waals surface area contributed by atoms with Crippen LogP contribution in [-0.4, -0.2) is 22.5 Å². The third-order valence-corrected chi connectivity index (χ3v) is 3.66. The van der Waals surface area contributed by atoms with Crippen LogP contribution in [0.15, 0.2) is 30.3 Å². The molecule has 4 nitrogen and oxygen atoms in total. The summed E-state index contributed by atoms with van der Waals surface area (Å²) in [5.74, 6) is -3.24. The van der Waals surface area contributed by atoms with Gasteiger partial charge in [0.25, 0.3) is 0 Å². The lowest BCUT2D eigenvalue weighted by Crippen LogP contribution is -2.09. The van der Waals surface area contributed by atoms with E-state index in [-0.39, 0.29) is 34.5 Å². The molecule has 0 N–H and O–H groups in total. The van der Waals surface area contributed by atoms with E-state index in [0.717, 1.165) is 18.2 Å². The summed E-state index contributed by atoms with van der Waals surface area (Å²) in [6, 6.07) is 5.19. The highest BCUT2D eigenvalue weighted by molar-refractivity contribution is 6.29. The van der Waals surface area contributed by atoms with Gasteiger partial charge in [-0.3, -0.25) is 0 Å². The number of benzene rings is 1. The highest BCUT2D eigenvalue weighted by Gasteiger charge is 2.21. The molecule has 0 radical (unpaired) electrons. The highest BCUT2D eigenvalue weighted by Crippen LogP contribution is 2.29. The first-order chi connectivity index (χ1) is 11.9. The van der Waals surface area contributed by atoms with E-state index in [1.54, 1.807) is 6.92 Å². The van der Waals surface area contributed by atoms with E-state index in [9.17, 15) is 18.0 Å². The average Bonchev–Trinajstić information content (AvgIpc) is 2.55. The maximum atomic E-state index is 14.2. The van der Waals surface area contributed by atoms with Gasteiger partial charge in [-0.2, -0.15) is 0 Å². The SMILES string of the molecule is CCOC(=O)c1cc2cc(F)c(Cl)nc2nc1-c1ccc(F)cc1F. The Balaban J connectivity index is 2.32. The molecule has 0 unspecified atom stereocenters. The van der Waals surface area contributed by atoms with E-state index in [2.05, 4.69) is 9.97 Å². The van der Waals surface area contributed by atoms with Gasteiger partial charge in [0.05, 0.1) is 17.9 Å². The van der Waals surface area contributed by atoms with Gasteiger partial charge in [0.15, 0.2) is 16.6 Å². The lowest BCUT2D eigenvalue weighted by molar-refractivity contribution is 0.0527. The van der Waals surface area contributed by atoms with Crippen molar-refractivity contribution in [2.45, 2.75) is 6.92 Å². The predicted octanol–water partition coefficient (Wildman–Crippen LogP) is 4.54. The van der Waals surface area contributed by atoms with Crippen molar-refractivity contribution >= 4 is 28.6 Å². The van der Waals surface area contributed by atoms with Gasteiger partial charge >= 0.3 is 5.97 Å². The van der Waals surface area contributed by atoms with Crippen LogP contribution in [0, 0.1) is 17.5 Å². The van der Waals surface area contributed by atoms with Gasteiger partial charge in [-0.15, -0.1) is 0 Å². The molecule has 25 heavy (non-hydrogen) atoms. The average molecular weight is 367 g/mol. The molecule has 0 saturated heterocycles. The Labute approximate surface area is 145 Å². The fourth-order valence-electron chi connectivity index (χ4n) is 2.31. The van der Waals surface area contributed by atoms with E-state index in [1.165, 1.54) is 6.07 Å². The van der Waals surface area contributed by atoms with Crippen LogP contribution in [0.2, 0.25) is 5.15 Å². The Morgan fingerprint density at radius 2 is 1.88 bits per heavy atom. The van der Waals surface area contributed by atoms with Crippen LogP contribution >= 0.6 is 11.6 Å². The number of halogens is 4. The van der Waals surface area contributed by atoms with Crippen molar-refractivity contribution in [1.82, 2.24) is 9.97 Å². The van der Waals surface area contributed by atoms with Crippen molar-refractivity contribution in [3.63, 3.8) is 0 Å². The topological polar surface area (TPSA) is 52.1 Å². The number of hydrogen-bond donors (Lipinski definition) is 0. The molecule has 0 atom stereocenters. The molecule has 3 aromatic rings. The van der Waals surface area contributed by atoms with E-state index in [4.69, 9.17) is 16.3 Å². The molecular weight excluding hydrogens is 357 g/mol. The molecule has 0 saturated carbocycles. The van der Waals surface area contributed by atoms with E-state index >= 15 is 0 Å². The van der Waals surface area contributed by atoms with Crippen molar-refractivity contribution in [3.8, 4) is 11.3 Å². The largest absolute Gasteiger partial charge is 0.462 e. The van der Waals surface area contributed by atoms with Gasteiger partial charge in [-0.1, -0.05) is 11.6 Å². The molecule has 0 fully saturated rings. The van der Waals surface area contributed by atoms with Crippen molar-refractivity contribution in [3.05, 3.63) is 58.5 Å². The minimum Gasteiger partial charge on any atom is -0.462 e. The zero-order valence-corrected chi connectivity index (χ0v) is 13.6. The maximum absolute atomic E-state index is 14.2. The number of nitrogens with zero attached hydrogens (tertiary/aromatic N) is 2. The first kappa shape index (κ1) is 17.2. The first-order valence-electron chi connectivity index (χ1n) is 7.20. The van der Waals surface area contributed by atoms with E-state index in [0.29, 0.717) is 6.07 Å². The fraction of sp³-hybridized carbons (Fsp3) is 0.118. The number of hydrogen-bond acceptors (Lipinski definition) is 4. The normalized spacial score (nSPS) is 10.9. The van der Waals surface area contributed by atoms with Crippen LogP contribution < -0.4 is 0 Å². The lowest BCUT2D eigenvalue weighted by Gasteiger charge is -2.11. The van der Waals surface area contributed by atoms with Crippen LogP contribution in [0.25, 0.3) is 22.3 Å². The smallest absolute Gasteiger partial charge is 0.340 e. The Hall–Kier alpha value is -2.67. The Morgan fingerprint density at radius 1 is 1.12 bits per heavy atom. The Kier molecular flexibility index (Phi) is 4.59. The second-order valence-electron chi connectivity index (χ2n) is 5.04. The van der Waals surface area contributed by atoms with Crippen molar-refractivity contribution < 1.29 is 22.7 Å². The molecule has 0 aliphatic rings. The van der Waals surface area contributed by atoms with Gasteiger partial charge in [0, 0.05) is 17.0 Å². The molecule has 1 aromatic carbocycles. The van der Waals surface area contributed by atoms with Crippen LogP contribution in [-0.2, 0) is 4.74 Å². The summed E-state index contributed by atoms with van der Waals surface area (Å²) in [7, 11) is 0. The molecular formula is C17H10ClF3N2O2. The molecule has 0 spiro atoms. The standard InChI is InChI=1S/C17H10ClF3N2O2/c1-2-25-17(24)11-5-8-6-13(21)15(18)23-16(8)22-14(11)10-4-3-9(19)7-12(10)20/h3-7H,2H2,1H3. The zero-order valence-electron chi connectivity index (χ0n) is 12.8. The monoisotopic (exact) mass is 366 g/mol. The summed E-state index contributed by atoms with van der Waals surface area (Å²) in [5.41, 5.74) is -0.297. The number of esters is 1. The molecule has 2 aromatic heterocycles. The number of carbonyl (C=O) groups is 1. The van der Waals surface area contributed by atoms with Gasteiger partial charge < -0.3 is 4.74 Å². The summed E-state index contributed by atoms with van der Waals surface area (Å²) in [6.07, 6.45) is 0. The molecule has 0 aliphatic carbocycles. The molecule has 3 rings (SSSR count). The number of pyridine rings is 2. The second kappa shape index (κ2) is 6.68. The summed E-state index contributed by atoms with van der Waals surface area (Å²) >= 11 is 5.65. The van der Waals surface area contributed by atoms with Crippen molar-refractivity contribution in [2.75, 3.05) is 6.61 Å². The number of fused-ring (bicyclic) bond motifs is 1. The number of aromatic nitrogens is 2. The molecule has 128 valence electrons. The van der Waals surface area contributed by atoms with Gasteiger partial charge in [0.1, 0.15) is 11.6 Å². The first-order valence-corrected chi connectivity index (χ1v) is 7.58. The zero-order chi connectivity index (χ0) is 18.1. The predicted molar refractivity (Wildman–Crippen MR) is 85.8 cm³/mol. The minimum absolute atomic E-state index is 0.0122. The van der Waals surface area contributed by atoms with E-state index in [1.807, 2.05) is 0 Å². The van der Waals surface area contributed by atoms with Crippen molar-refractivity contribution in [2.24, 2.45) is 0 Å². The van der Waals surface area contributed by atoms with Crippen LogP contribution in [0.3, 0.4) is 0 Å². The fourth-order valence-corrected chi connectivity index (χ4v) is 2.44. The van der Waals surface area contributed by atoms with E-state index < -0.39 is 28.6 Å². The summed E-state index contributed by atoms with van der Waals surface area (Å²) < 4.78 is 45.9. The highest BCUT2D eigenvalue weighted by atomic mass is 35.5. The molecule has 0 bridgehead atoms. The van der Waals surface area contributed by atoms with Crippen LogP contribution in [0.4, 0.5) is 13.2 Å². The van der Waals surface area contributed by atoms with Gasteiger partial charge in [-0.25, -0.2) is 27.9 Å². The molecule has 8 heteroatoms. The molecule has 0 amide bonds. The number of rotatable bonds is 3. The lowest BCUT2D eigenvalue weighted by atomic mass is 10.0. The maximum Gasteiger partial charge on any atom is 0.340 e.